The van der Waals surface area contributed by atoms with Crippen molar-refractivity contribution < 1.29 is 23.5 Å². The summed E-state index contributed by atoms with van der Waals surface area (Å²) in [5.74, 6) is -2.35. The number of benzene rings is 2. The highest BCUT2D eigenvalue weighted by molar-refractivity contribution is 5.95. The smallest absolute Gasteiger partial charge is 0.312 e. The van der Waals surface area contributed by atoms with Gasteiger partial charge in [0.2, 0.25) is 5.91 Å². The van der Waals surface area contributed by atoms with Gasteiger partial charge in [-0.1, -0.05) is 36.4 Å². The third-order valence-corrected chi connectivity index (χ3v) is 5.34. The summed E-state index contributed by atoms with van der Waals surface area (Å²) in [6.07, 6.45) is -1.02. The molecule has 0 aromatic heterocycles. The summed E-state index contributed by atoms with van der Waals surface area (Å²) in [6, 6.07) is 13.7. The van der Waals surface area contributed by atoms with E-state index in [4.69, 9.17) is 4.74 Å². The van der Waals surface area contributed by atoms with Crippen LogP contribution in [-0.4, -0.2) is 35.3 Å². The van der Waals surface area contributed by atoms with Crippen molar-refractivity contribution in [1.29, 1.82) is 0 Å². The number of anilines is 1. The molecule has 1 N–H and O–H groups in total. The predicted molar refractivity (Wildman–Crippen MR) is 110 cm³/mol. The lowest BCUT2D eigenvalue weighted by molar-refractivity contribution is -0.157. The number of nitrogens with zero attached hydrogens (tertiary/aromatic N) is 1. The highest BCUT2D eigenvalue weighted by atomic mass is 19.1. The molecule has 6 nitrogen and oxygen atoms in total. The van der Waals surface area contributed by atoms with Crippen LogP contribution >= 0.6 is 0 Å². The van der Waals surface area contributed by atoms with E-state index in [0.717, 1.165) is 5.56 Å². The standard InChI is InChI=1S/C23H25FN2O4/c1-14-9-10-19(12-20(14)24)25-22(28)16(3)30-23(29)18-11-21(27)26(13-18)15(2)17-7-5-4-6-8-17/h4-10,12,15-16,18H,11,13H2,1-3H3,(H,25,28)/t15-,16+,18-/m0/s1. The van der Waals surface area contributed by atoms with Gasteiger partial charge in [0, 0.05) is 18.7 Å². The molecular formula is C23H25FN2O4. The maximum absolute atomic E-state index is 13.6. The highest BCUT2D eigenvalue weighted by Gasteiger charge is 2.38. The maximum atomic E-state index is 13.6. The summed E-state index contributed by atoms with van der Waals surface area (Å²) in [6.45, 7) is 5.22. The Kier molecular flexibility index (Phi) is 6.50. The summed E-state index contributed by atoms with van der Waals surface area (Å²) in [4.78, 5) is 38.9. The van der Waals surface area contributed by atoms with Gasteiger partial charge in [-0.2, -0.15) is 0 Å². The second-order valence-electron chi connectivity index (χ2n) is 7.57. The van der Waals surface area contributed by atoms with Crippen molar-refractivity contribution in [2.45, 2.75) is 39.3 Å². The molecule has 1 saturated heterocycles. The minimum Gasteiger partial charge on any atom is -0.452 e. The minimum atomic E-state index is -1.07. The lowest BCUT2D eigenvalue weighted by Gasteiger charge is -2.25. The second-order valence-corrected chi connectivity index (χ2v) is 7.57. The van der Waals surface area contributed by atoms with E-state index in [2.05, 4.69) is 5.32 Å². The van der Waals surface area contributed by atoms with Crippen LogP contribution < -0.4 is 5.32 Å². The number of carbonyl (C=O) groups is 3. The first-order valence-corrected chi connectivity index (χ1v) is 9.88. The van der Waals surface area contributed by atoms with Crippen LogP contribution in [0.2, 0.25) is 0 Å². The van der Waals surface area contributed by atoms with Gasteiger partial charge in [-0.25, -0.2) is 4.39 Å². The van der Waals surface area contributed by atoms with E-state index < -0.39 is 29.7 Å². The molecule has 30 heavy (non-hydrogen) atoms. The van der Waals surface area contributed by atoms with E-state index in [9.17, 15) is 18.8 Å². The molecule has 1 aliphatic rings. The van der Waals surface area contributed by atoms with E-state index in [-0.39, 0.29) is 30.6 Å². The van der Waals surface area contributed by atoms with Gasteiger partial charge in [-0.3, -0.25) is 14.4 Å². The number of esters is 1. The first kappa shape index (κ1) is 21.5. The van der Waals surface area contributed by atoms with Crippen LogP contribution in [0.15, 0.2) is 48.5 Å². The van der Waals surface area contributed by atoms with Gasteiger partial charge in [-0.15, -0.1) is 0 Å². The zero-order chi connectivity index (χ0) is 21.8. The average Bonchev–Trinajstić information content (AvgIpc) is 3.12. The number of ether oxygens (including phenoxy) is 1. The molecule has 3 rings (SSSR count). The number of halogens is 1. The third-order valence-electron chi connectivity index (χ3n) is 5.34. The number of likely N-dealkylation sites (tertiary alicyclic amines) is 1. The molecule has 0 saturated carbocycles. The van der Waals surface area contributed by atoms with Crippen molar-refractivity contribution in [2.24, 2.45) is 5.92 Å². The van der Waals surface area contributed by atoms with Crippen LogP contribution in [0.4, 0.5) is 10.1 Å². The van der Waals surface area contributed by atoms with Crippen LogP contribution in [-0.2, 0) is 19.1 Å². The number of aryl methyl sites for hydroxylation is 1. The fraction of sp³-hybridized carbons (Fsp3) is 0.348. The Balaban J connectivity index is 1.56. The number of nitrogens with one attached hydrogen (secondary N) is 1. The van der Waals surface area contributed by atoms with Crippen molar-refractivity contribution in [3.05, 3.63) is 65.5 Å². The summed E-state index contributed by atoms with van der Waals surface area (Å²) in [7, 11) is 0. The lowest BCUT2D eigenvalue weighted by atomic mass is 10.1. The van der Waals surface area contributed by atoms with Gasteiger partial charge in [-0.05, 0) is 44.0 Å². The number of hydrogen-bond donors (Lipinski definition) is 1. The predicted octanol–water partition coefficient (Wildman–Crippen LogP) is 3.61. The van der Waals surface area contributed by atoms with Crippen molar-refractivity contribution >= 4 is 23.5 Å². The Hall–Kier alpha value is -3.22. The monoisotopic (exact) mass is 412 g/mol. The molecule has 7 heteroatoms. The van der Waals surface area contributed by atoms with Crippen molar-refractivity contribution in [2.75, 3.05) is 11.9 Å². The second kappa shape index (κ2) is 9.07. The largest absolute Gasteiger partial charge is 0.452 e. The molecule has 2 aromatic rings. The van der Waals surface area contributed by atoms with E-state index in [1.807, 2.05) is 37.3 Å². The summed E-state index contributed by atoms with van der Waals surface area (Å²) >= 11 is 0. The Morgan fingerprint density at radius 2 is 1.87 bits per heavy atom. The quantitative estimate of drug-likeness (QED) is 0.736. The Bertz CT molecular complexity index is 947. The fourth-order valence-corrected chi connectivity index (χ4v) is 3.41. The molecule has 0 aliphatic carbocycles. The molecule has 0 bridgehead atoms. The zero-order valence-electron chi connectivity index (χ0n) is 17.2. The Morgan fingerprint density at radius 3 is 2.53 bits per heavy atom. The van der Waals surface area contributed by atoms with Gasteiger partial charge < -0.3 is 15.0 Å². The first-order chi connectivity index (χ1) is 14.3. The molecule has 0 unspecified atom stereocenters. The van der Waals surface area contributed by atoms with E-state index >= 15 is 0 Å². The summed E-state index contributed by atoms with van der Waals surface area (Å²) in [5, 5.41) is 2.53. The Labute approximate surface area is 175 Å². The molecule has 2 aromatic carbocycles. The van der Waals surface area contributed by atoms with Gasteiger partial charge in [0.05, 0.1) is 12.0 Å². The molecular weight excluding hydrogens is 387 g/mol. The summed E-state index contributed by atoms with van der Waals surface area (Å²) < 4.78 is 18.9. The average molecular weight is 412 g/mol. The fourth-order valence-electron chi connectivity index (χ4n) is 3.41. The molecule has 0 spiro atoms. The van der Waals surface area contributed by atoms with Crippen LogP contribution in [0, 0.1) is 18.7 Å². The topological polar surface area (TPSA) is 75.7 Å². The van der Waals surface area contributed by atoms with Crippen molar-refractivity contribution in [3.8, 4) is 0 Å². The van der Waals surface area contributed by atoms with Crippen LogP contribution in [0.25, 0.3) is 0 Å². The molecule has 2 amide bonds. The lowest BCUT2D eigenvalue weighted by Crippen LogP contribution is -2.33. The van der Waals surface area contributed by atoms with E-state index in [0.29, 0.717) is 5.56 Å². The van der Waals surface area contributed by atoms with Gasteiger partial charge in [0.1, 0.15) is 5.82 Å². The van der Waals surface area contributed by atoms with Gasteiger partial charge >= 0.3 is 5.97 Å². The Morgan fingerprint density at radius 1 is 1.17 bits per heavy atom. The normalized spacial score (nSPS) is 18.1. The summed E-state index contributed by atoms with van der Waals surface area (Å²) in [5.41, 5.74) is 1.73. The molecule has 3 atom stereocenters. The molecule has 158 valence electrons. The van der Waals surface area contributed by atoms with Crippen LogP contribution in [0.5, 0.6) is 0 Å². The maximum Gasteiger partial charge on any atom is 0.312 e. The third kappa shape index (κ3) is 4.84. The molecule has 1 fully saturated rings. The number of amides is 2. The van der Waals surface area contributed by atoms with Gasteiger partial charge in [0.15, 0.2) is 6.10 Å². The van der Waals surface area contributed by atoms with Crippen molar-refractivity contribution in [3.63, 3.8) is 0 Å². The van der Waals surface area contributed by atoms with E-state index in [1.54, 1.807) is 24.0 Å². The number of carbonyl (C=O) groups excluding carboxylic acids is 3. The highest BCUT2D eigenvalue weighted by Crippen LogP contribution is 2.29. The number of hydrogen-bond acceptors (Lipinski definition) is 4. The zero-order valence-corrected chi connectivity index (χ0v) is 17.2. The van der Waals surface area contributed by atoms with Gasteiger partial charge in [0.25, 0.3) is 5.91 Å². The SMILES string of the molecule is Cc1ccc(NC(=O)[C@@H](C)OC(=O)[C@H]2CC(=O)N([C@@H](C)c3ccccc3)C2)cc1F. The molecule has 1 heterocycles. The van der Waals surface area contributed by atoms with Crippen LogP contribution in [0.1, 0.15) is 37.4 Å². The van der Waals surface area contributed by atoms with Crippen LogP contribution in [0.3, 0.4) is 0 Å². The molecule has 1 aliphatic heterocycles. The van der Waals surface area contributed by atoms with E-state index in [1.165, 1.54) is 13.0 Å². The van der Waals surface area contributed by atoms with Crippen molar-refractivity contribution in [1.82, 2.24) is 4.90 Å². The minimum absolute atomic E-state index is 0.0491. The molecule has 0 radical (unpaired) electrons. The number of rotatable bonds is 6. The first-order valence-electron chi connectivity index (χ1n) is 9.88.